The van der Waals surface area contributed by atoms with Crippen LogP contribution < -0.4 is 4.74 Å². The molecular weight excluding hydrogens is 386 g/mol. The fraction of sp³-hybridized carbons (Fsp3) is 0.412. The number of furan rings is 1. The van der Waals surface area contributed by atoms with Gasteiger partial charge in [-0.15, -0.1) is 15.3 Å². The van der Waals surface area contributed by atoms with Gasteiger partial charge in [-0.2, -0.15) is 0 Å². The first-order chi connectivity index (χ1) is 13.6. The average molecular weight is 407 g/mol. The van der Waals surface area contributed by atoms with Crippen molar-refractivity contribution in [2.24, 2.45) is 7.05 Å². The Kier molecular flexibility index (Phi) is 6.37. The van der Waals surface area contributed by atoms with Gasteiger partial charge in [0.25, 0.3) is 0 Å². The van der Waals surface area contributed by atoms with Gasteiger partial charge in [-0.1, -0.05) is 11.8 Å². The number of aromatic nitrogens is 5. The van der Waals surface area contributed by atoms with Crippen molar-refractivity contribution < 1.29 is 23.4 Å². The van der Waals surface area contributed by atoms with E-state index in [2.05, 4.69) is 20.0 Å². The van der Waals surface area contributed by atoms with Crippen LogP contribution in [-0.2, 0) is 28.8 Å². The second-order valence-electron chi connectivity index (χ2n) is 5.72. The van der Waals surface area contributed by atoms with Crippen molar-refractivity contribution >= 4 is 17.7 Å². The summed E-state index contributed by atoms with van der Waals surface area (Å²) in [6.07, 6.45) is 1.83. The predicted octanol–water partition coefficient (Wildman–Crippen LogP) is 2.01. The molecule has 0 fully saturated rings. The Labute approximate surface area is 165 Å². The molecule has 0 bridgehead atoms. The number of methoxy groups -OCH3 is 3. The smallest absolute Gasteiger partial charge is 0.373 e. The van der Waals surface area contributed by atoms with Gasteiger partial charge in [-0.05, 0) is 12.1 Å². The molecule has 0 aliphatic heterocycles. The lowest BCUT2D eigenvalue weighted by Gasteiger charge is -2.09. The highest BCUT2D eigenvalue weighted by Gasteiger charge is 2.21. The van der Waals surface area contributed by atoms with E-state index < -0.39 is 5.97 Å². The van der Waals surface area contributed by atoms with Gasteiger partial charge in [-0.3, -0.25) is 9.25 Å². The van der Waals surface area contributed by atoms with Crippen LogP contribution in [0.25, 0.3) is 11.4 Å². The first-order valence-corrected chi connectivity index (χ1v) is 9.36. The number of carbonyl (C=O) groups excluding carboxylic acids is 1. The molecule has 0 aromatic carbocycles. The zero-order valence-corrected chi connectivity index (χ0v) is 16.9. The summed E-state index contributed by atoms with van der Waals surface area (Å²) < 4.78 is 24.3. The summed E-state index contributed by atoms with van der Waals surface area (Å²) in [7, 11) is 6.32. The molecule has 0 aliphatic carbocycles. The molecule has 0 saturated heterocycles. The van der Waals surface area contributed by atoms with Gasteiger partial charge >= 0.3 is 5.97 Å². The first-order valence-electron chi connectivity index (χ1n) is 8.37. The van der Waals surface area contributed by atoms with E-state index in [4.69, 9.17) is 13.9 Å². The van der Waals surface area contributed by atoms with Crippen LogP contribution in [0.1, 0.15) is 16.3 Å². The van der Waals surface area contributed by atoms with Gasteiger partial charge in [0, 0.05) is 20.4 Å². The van der Waals surface area contributed by atoms with Gasteiger partial charge in [0.2, 0.25) is 11.6 Å². The number of carbonyl (C=O) groups is 1. The molecule has 11 heteroatoms. The van der Waals surface area contributed by atoms with Crippen LogP contribution in [-0.4, -0.2) is 58.5 Å². The van der Waals surface area contributed by atoms with Gasteiger partial charge in [0.15, 0.2) is 11.0 Å². The van der Waals surface area contributed by atoms with Crippen molar-refractivity contribution in [1.29, 1.82) is 0 Å². The molecule has 3 heterocycles. The summed E-state index contributed by atoms with van der Waals surface area (Å²) in [6.45, 7) is 1.05. The molecule has 0 spiro atoms. The molecule has 150 valence electrons. The lowest BCUT2D eigenvalue weighted by Crippen LogP contribution is -2.07. The van der Waals surface area contributed by atoms with Gasteiger partial charge < -0.3 is 18.6 Å². The Morgan fingerprint density at radius 3 is 2.79 bits per heavy atom. The second-order valence-corrected chi connectivity index (χ2v) is 6.67. The fourth-order valence-electron chi connectivity index (χ4n) is 2.55. The first kappa shape index (κ1) is 20.0. The van der Waals surface area contributed by atoms with E-state index >= 15 is 0 Å². The molecule has 3 aromatic heterocycles. The maximum Gasteiger partial charge on any atom is 0.373 e. The van der Waals surface area contributed by atoms with E-state index in [0.29, 0.717) is 41.5 Å². The van der Waals surface area contributed by atoms with E-state index in [1.165, 1.54) is 18.9 Å². The highest BCUT2D eigenvalue weighted by Crippen LogP contribution is 2.31. The third-order valence-corrected chi connectivity index (χ3v) is 4.85. The highest BCUT2D eigenvalue weighted by atomic mass is 32.2. The molecule has 0 saturated carbocycles. The van der Waals surface area contributed by atoms with Crippen molar-refractivity contribution in [2.45, 2.75) is 17.5 Å². The van der Waals surface area contributed by atoms with Crippen LogP contribution in [0.3, 0.4) is 0 Å². The molecule has 28 heavy (non-hydrogen) atoms. The maximum atomic E-state index is 11.5. The van der Waals surface area contributed by atoms with E-state index in [1.807, 2.05) is 17.8 Å². The number of ether oxygens (including phenoxy) is 3. The van der Waals surface area contributed by atoms with Gasteiger partial charge in [-0.25, -0.2) is 4.79 Å². The number of esters is 1. The summed E-state index contributed by atoms with van der Waals surface area (Å²) in [5.41, 5.74) is 0.742. The van der Waals surface area contributed by atoms with Gasteiger partial charge in [0.05, 0.1) is 33.1 Å². The highest BCUT2D eigenvalue weighted by molar-refractivity contribution is 7.98. The molecule has 3 rings (SSSR count). The molecule has 0 amide bonds. The number of hydrogen-bond donors (Lipinski definition) is 0. The zero-order chi connectivity index (χ0) is 20.1. The minimum absolute atomic E-state index is 0.166. The second kappa shape index (κ2) is 8.93. The molecule has 0 unspecified atom stereocenters. The average Bonchev–Trinajstić information content (AvgIpc) is 3.41. The standard InChI is InChI=1S/C17H21N5O5S/c1-21-9-12(15(20-21)25-3)14-18-19-17(22(14)7-8-24-2)28-10-11-5-6-13(27-11)16(23)26-4/h5-6,9H,7-8,10H2,1-4H3. The lowest BCUT2D eigenvalue weighted by molar-refractivity contribution is 0.0563. The minimum atomic E-state index is -0.509. The van der Waals surface area contributed by atoms with Crippen LogP contribution in [0.4, 0.5) is 0 Å². The quantitative estimate of drug-likeness (QED) is 0.389. The van der Waals surface area contributed by atoms with Crippen LogP contribution in [0.5, 0.6) is 5.88 Å². The van der Waals surface area contributed by atoms with Crippen molar-refractivity contribution in [3.8, 4) is 17.3 Å². The molecule has 3 aromatic rings. The lowest BCUT2D eigenvalue weighted by atomic mass is 10.3. The Morgan fingerprint density at radius 2 is 2.07 bits per heavy atom. The summed E-state index contributed by atoms with van der Waals surface area (Å²) in [5.74, 6) is 1.88. The van der Waals surface area contributed by atoms with Crippen LogP contribution in [0.2, 0.25) is 0 Å². The van der Waals surface area contributed by atoms with Crippen molar-refractivity contribution in [1.82, 2.24) is 24.5 Å². The Bertz CT molecular complexity index is 948. The number of rotatable bonds is 9. The van der Waals surface area contributed by atoms with Crippen LogP contribution >= 0.6 is 11.8 Å². The van der Waals surface area contributed by atoms with E-state index in [0.717, 1.165) is 5.56 Å². The number of hydrogen-bond acceptors (Lipinski definition) is 9. The monoisotopic (exact) mass is 407 g/mol. The van der Waals surface area contributed by atoms with Crippen molar-refractivity contribution in [3.63, 3.8) is 0 Å². The Hall–Kier alpha value is -2.79. The SMILES string of the molecule is COCCn1c(SCc2ccc(C(=O)OC)o2)nnc1-c1cn(C)nc1OC. The normalized spacial score (nSPS) is 11.0. The molecule has 0 N–H and O–H groups in total. The molecule has 0 radical (unpaired) electrons. The third-order valence-electron chi connectivity index (χ3n) is 3.86. The van der Waals surface area contributed by atoms with E-state index in [-0.39, 0.29) is 5.76 Å². The molecule has 10 nitrogen and oxygen atoms in total. The fourth-order valence-corrected chi connectivity index (χ4v) is 3.41. The molecular formula is C17H21N5O5S. The topological polar surface area (TPSA) is 106 Å². The summed E-state index contributed by atoms with van der Waals surface area (Å²) in [5, 5.41) is 13.6. The minimum Gasteiger partial charge on any atom is -0.479 e. The largest absolute Gasteiger partial charge is 0.479 e. The summed E-state index contributed by atoms with van der Waals surface area (Å²) in [6, 6.07) is 3.32. The van der Waals surface area contributed by atoms with Crippen LogP contribution in [0, 0.1) is 0 Å². The Balaban J connectivity index is 1.83. The Morgan fingerprint density at radius 1 is 1.25 bits per heavy atom. The van der Waals surface area contributed by atoms with Gasteiger partial charge in [0.1, 0.15) is 11.3 Å². The molecule has 0 atom stereocenters. The number of nitrogens with zero attached hydrogens (tertiary/aromatic N) is 5. The summed E-state index contributed by atoms with van der Waals surface area (Å²) in [4.78, 5) is 11.5. The number of thioether (sulfide) groups is 1. The zero-order valence-electron chi connectivity index (χ0n) is 16.0. The van der Waals surface area contributed by atoms with Crippen molar-refractivity contribution in [2.75, 3.05) is 27.9 Å². The van der Waals surface area contributed by atoms with E-state index in [1.54, 1.807) is 31.0 Å². The number of aryl methyl sites for hydroxylation is 1. The summed E-state index contributed by atoms with van der Waals surface area (Å²) >= 11 is 1.44. The van der Waals surface area contributed by atoms with E-state index in [9.17, 15) is 4.79 Å². The predicted molar refractivity (Wildman–Crippen MR) is 100 cm³/mol. The third kappa shape index (κ3) is 4.20. The van der Waals surface area contributed by atoms with Crippen LogP contribution in [0.15, 0.2) is 27.9 Å². The van der Waals surface area contributed by atoms with Crippen molar-refractivity contribution in [3.05, 3.63) is 29.9 Å². The molecule has 0 aliphatic rings. The maximum absolute atomic E-state index is 11.5.